The monoisotopic (exact) mass is 447 g/mol. The van der Waals surface area contributed by atoms with E-state index in [4.69, 9.17) is 0 Å². The second kappa shape index (κ2) is 8.74. The largest absolute Gasteiger partial charge is 0.356 e. The van der Waals surface area contributed by atoms with Crippen LogP contribution in [0.4, 0.5) is 11.6 Å². The maximum Gasteiger partial charge on any atom is 0.246 e. The molecule has 0 atom stereocenters. The predicted octanol–water partition coefficient (Wildman–Crippen LogP) is 2.12. The molecule has 0 aliphatic carbocycles. The molecular weight excluding hydrogens is 414 g/mol. The molecule has 170 valence electrons. The highest BCUT2D eigenvalue weighted by Gasteiger charge is 2.33. The fourth-order valence-corrected chi connectivity index (χ4v) is 6.43. The van der Waals surface area contributed by atoms with E-state index in [0.29, 0.717) is 49.0 Å². The van der Waals surface area contributed by atoms with Crippen LogP contribution in [-0.4, -0.2) is 71.7 Å². The summed E-state index contributed by atoms with van der Waals surface area (Å²) in [6.45, 7) is 12.3. The number of rotatable bonds is 5. The molecular formula is C21H33N7O2S. The molecule has 0 N–H and O–H groups in total. The zero-order chi connectivity index (χ0) is 22.2. The summed E-state index contributed by atoms with van der Waals surface area (Å²) in [5.41, 5.74) is 1.28. The van der Waals surface area contributed by atoms with E-state index in [9.17, 15) is 8.42 Å². The van der Waals surface area contributed by atoms with Crippen molar-refractivity contribution < 1.29 is 8.42 Å². The molecule has 2 aromatic rings. The Hall–Kier alpha value is -2.20. The molecule has 0 bridgehead atoms. The Morgan fingerprint density at radius 3 is 2.00 bits per heavy atom. The number of aromatic nitrogens is 4. The van der Waals surface area contributed by atoms with E-state index in [2.05, 4.69) is 30.9 Å². The van der Waals surface area contributed by atoms with Crippen LogP contribution in [0.25, 0.3) is 0 Å². The molecule has 0 amide bonds. The lowest BCUT2D eigenvalue weighted by molar-refractivity contribution is 0.383. The molecule has 2 aliphatic rings. The number of aryl methyl sites for hydroxylation is 3. The fourth-order valence-electron chi connectivity index (χ4n) is 4.63. The summed E-state index contributed by atoms with van der Waals surface area (Å²) >= 11 is 0. The van der Waals surface area contributed by atoms with Crippen LogP contribution in [0.5, 0.6) is 0 Å². The fraction of sp³-hybridized carbons (Fsp3) is 0.667. The topological polar surface area (TPSA) is 87.5 Å². The second-order valence-corrected chi connectivity index (χ2v) is 10.3. The van der Waals surface area contributed by atoms with E-state index in [1.165, 1.54) is 19.3 Å². The van der Waals surface area contributed by atoms with Gasteiger partial charge in [-0.05, 0) is 47.0 Å². The SMILES string of the molecule is CCn1nc(C)c(S(=O)(=O)N2CCN(c3cc(N4CCCCC4)nc(C)n3)CC2)c1C. The van der Waals surface area contributed by atoms with E-state index in [0.717, 1.165) is 30.5 Å². The van der Waals surface area contributed by atoms with Crippen LogP contribution in [0.3, 0.4) is 0 Å². The summed E-state index contributed by atoms with van der Waals surface area (Å²) in [6.07, 6.45) is 3.67. The van der Waals surface area contributed by atoms with Crippen LogP contribution in [0.1, 0.15) is 43.4 Å². The first-order valence-electron chi connectivity index (χ1n) is 11.2. The van der Waals surface area contributed by atoms with Crippen LogP contribution in [-0.2, 0) is 16.6 Å². The van der Waals surface area contributed by atoms with Crippen molar-refractivity contribution in [2.45, 2.75) is 58.4 Å². The minimum Gasteiger partial charge on any atom is -0.356 e. The van der Waals surface area contributed by atoms with Gasteiger partial charge >= 0.3 is 0 Å². The normalized spacial score (nSPS) is 18.6. The van der Waals surface area contributed by atoms with E-state index >= 15 is 0 Å². The van der Waals surface area contributed by atoms with Crippen LogP contribution in [0.15, 0.2) is 11.0 Å². The first kappa shape index (κ1) is 22.0. The number of piperidine rings is 1. The molecule has 4 heterocycles. The Bertz CT molecular complexity index is 1040. The molecule has 2 fully saturated rings. The van der Waals surface area contributed by atoms with Crippen molar-refractivity contribution in [1.29, 1.82) is 0 Å². The standard InChI is InChI=1S/C21H33N7O2S/c1-5-28-17(3)21(16(2)24-28)31(29,30)27-13-11-26(12-14-27)20-15-19(22-18(4)23-20)25-9-7-6-8-10-25/h15H,5-14H2,1-4H3. The molecule has 0 spiro atoms. The van der Waals surface area contributed by atoms with Crippen molar-refractivity contribution >= 4 is 21.7 Å². The van der Waals surface area contributed by atoms with Gasteiger partial charge in [0.1, 0.15) is 22.4 Å². The number of nitrogens with zero attached hydrogens (tertiary/aromatic N) is 7. The van der Waals surface area contributed by atoms with Gasteiger partial charge in [0.15, 0.2) is 0 Å². The van der Waals surface area contributed by atoms with Gasteiger partial charge in [-0.25, -0.2) is 18.4 Å². The summed E-state index contributed by atoms with van der Waals surface area (Å²) in [7, 11) is -3.57. The molecule has 10 heteroatoms. The smallest absolute Gasteiger partial charge is 0.246 e. The third kappa shape index (κ3) is 4.27. The van der Waals surface area contributed by atoms with Crippen LogP contribution in [0.2, 0.25) is 0 Å². The van der Waals surface area contributed by atoms with Gasteiger partial charge in [-0.15, -0.1) is 0 Å². The van der Waals surface area contributed by atoms with Crippen LogP contribution in [0, 0.1) is 20.8 Å². The van der Waals surface area contributed by atoms with Crippen LogP contribution < -0.4 is 9.80 Å². The van der Waals surface area contributed by atoms with Gasteiger partial charge in [0, 0.05) is 51.9 Å². The van der Waals surface area contributed by atoms with Crippen LogP contribution >= 0.6 is 0 Å². The summed E-state index contributed by atoms with van der Waals surface area (Å²) in [5, 5.41) is 4.39. The minimum atomic E-state index is -3.57. The number of piperazine rings is 1. The zero-order valence-corrected chi connectivity index (χ0v) is 19.8. The average molecular weight is 448 g/mol. The Labute approximate surface area is 185 Å². The molecule has 2 aliphatic heterocycles. The first-order chi connectivity index (χ1) is 14.8. The highest BCUT2D eigenvalue weighted by Crippen LogP contribution is 2.27. The third-order valence-corrected chi connectivity index (χ3v) is 8.42. The highest BCUT2D eigenvalue weighted by molar-refractivity contribution is 7.89. The highest BCUT2D eigenvalue weighted by atomic mass is 32.2. The van der Waals surface area contributed by atoms with Crippen molar-refractivity contribution in [3.05, 3.63) is 23.3 Å². The Kier molecular flexibility index (Phi) is 6.20. The molecule has 4 rings (SSSR count). The lowest BCUT2D eigenvalue weighted by Gasteiger charge is -2.35. The van der Waals surface area contributed by atoms with Gasteiger partial charge in [0.05, 0.1) is 11.4 Å². The van der Waals surface area contributed by atoms with Gasteiger partial charge in [0.2, 0.25) is 10.0 Å². The lowest BCUT2D eigenvalue weighted by Crippen LogP contribution is -2.49. The number of sulfonamides is 1. The molecule has 2 saturated heterocycles. The first-order valence-corrected chi connectivity index (χ1v) is 12.6. The summed E-state index contributed by atoms with van der Waals surface area (Å²) in [6, 6.07) is 2.06. The zero-order valence-electron chi connectivity index (χ0n) is 19.0. The Morgan fingerprint density at radius 1 is 0.871 bits per heavy atom. The maximum absolute atomic E-state index is 13.3. The minimum absolute atomic E-state index is 0.355. The van der Waals surface area contributed by atoms with Crippen molar-refractivity contribution in [2.24, 2.45) is 0 Å². The van der Waals surface area contributed by atoms with E-state index < -0.39 is 10.0 Å². The van der Waals surface area contributed by atoms with Gasteiger partial charge < -0.3 is 9.80 Å². The molecule has 0 unspecified atom stereocenters. The molecule has 2 aromatic heterocycles. The van der Waals surface area contributed by atoms with Crippen molar-refractivity contribution in [3.63, 3.8) is 0 Å². The van der Waals surface area contributed by atoms with Crippen molar-refractivity contribution in [2.75, 3.05) is 49.1 Å². The molecule has 0 aromatic carbocycles. The predicted molar refractivity (Wildman–Crippen MR) is 121 cm³/mol. The average Bonchev–Trinajstić information content (AvgIpc) is 3.07. The number of hydrogen-bond acceptors (Lipinski definition) is 7. The van der Waals surface area contributed by atoms with E-state index in [1.807, 2.05) is 20.8 Å². The maximum atomic E-state index is 13.3. The molecule has 0 radical (unpaired) electrons. The third-order valence-electron chi connectivity index (χ3n) is 6.27. The van der Waals surface area contributed by atoms with Gasteiger partial charge in [-0.3, -0.25) is 4.68 Å². The Balaban J connectivity index is 1.50. The summed E-state index contributed by atoms with van der Waals surface area (Å²) in [4.78, 5) is 14.2. The van der Waals surface area contributed by atoms with E-state index in [-0.39, 0.29) is 0 Å². The number of anilines is 2. The van der Waals surface area contributed by atoms with E-state index in [1.54, 1.807) is 15.9 Å². The van der Waals surface area contributed by atoms with Gasteiger partial charge in [0.25, 0.3) is 0 Å². The number of hydrogen-bond donors (Lipinski definition) is 0. The van der Waals surface area contributed by atoms with Crippen molar-refractivity contribution in [3.8, 4) is 0 Å². The molecule has 31 heavy (non-hydrogen) atoms. The van der Waals surface area contributed by atoms with Gasteiger partial charge in [-0.1, -0.05) is 0 Å². The summed E-state index contributed by atoms with van der Waals surface area (Å²) < 4.78 is 30.0. The second-order valence-electron chi connectivity index (χ2n) is 8.39. The van der Waals surface area contributed by atoms with Gasteiger partial charge in [-0.2, -0.15) is 9.40 Å². The molecule has 0 saturated carbocycles. The Morgan fingerprint density at radius 2 is 1.45 bits per heavy atom. The lowest BCUT2D eigenvalue weighted by atomic mass is 10.1. The summed E-state index contributed by atoms with van der Waals surface area (Å²) in [5.74, 6) is 2.62. The van der Waals surface area contributed by atoms with Crippen molar-refractivity contribution in [1.82, 2.24) is 24.1 Å². The molecule has 9 nitrogen and oxygen atoms in total. The quantitative estimate of drug-likeness (QED) is 0.694.